The highest BCUT2D eigenvalue weighted by molar-refractivity contribution is 9.09. The first-order chi connectivity index (χ1) is 8.63. The number of pyridine rings is 1. The molecule has 0 N–H and O–H groups in total. The van der Waals surface area contributed by atoms with E-state index in [1.807, 2.05) is 17.9 Å². The summed E-state index contributed by atoms with van der Waals surface area (Å²) in [5.41, 5.74) is 1.70. The van der Waals surface area contributed by atoms with Crippen molar-refractivity contribution >= 4 is 21.8 Å². The molecule has 0 spiro atoms. The van der Waals surface area contributed by atoms with Crippen LogP contribution in [0.1, 0.15) is 42.6 Å². The first kappa shape index (κ1) is 15.2. The molecular weight excluding hydrogens is 292 g/mol. The van der Waals surface area contributed by atoms with Gasteiger partial charge in [-0.2, -0.15) is 0 Å². The Bertz CT molecular complexity index is 391. The number of nitrogens with zero attached hydrogens (tertiary/aromatic N) is 2. The standard InChI is InChI=1S/C14H21BrN2O/c1-4-13(5-2)17(7-6-15)14(18)12-8-11(3)9-16-10-12/h8-10,13H,4-7H2,1-3H3. The van der Waals surface area contributed by atoms with Crippen molar-refractivity contribution in [3.8, 4) is 0 Å². The lowest BCUT2D eigenvalue weighted by atomic mass is 10.1. The number of carbonyl (C=O) groups excluding carboxylic acids is 1. The summed E-state index contributed by atoms with van der Waals surface area (Å²) in [6.07, 6.45) is 5.38. The van der Waals surface area contributed by atoms with Crippen molar-refractivity contribution in [2.24, 2.45) is 0 Å². The Balaban J connectivity index is 2.95. The maximum Gasteiger partial charge on any atom is 0.255 e. The molecule has 0 aliphatic heterocycles. The van der Waals surface area contributed by atoms with Crippen LogP contribution in [0.5, 0.6) is 0 Å². The van der Waals surface area contributed by atoms with Gasteiger partial charge in [0, 0.05) is 30.3 Å². The topological polar surface area (TPSA) is 33.2 Å². The van der Waals surface area contributed by atoms with E-state index in [-0.39, 0.29) is 5.91 Å². The number of amides is 1. The van der Waals surface area contributed by atoms with Crippen LogP contribution in [0.4, 0.5) is 0 Å². The number of carbonyl (C=O) groups is 1. The third-order valence-corrected chi connectivity index (χ3v) is 3.45. The fraction of sp³-hybridized carbons (Fsp3) is 0.571. The second kappa shape index (κ2) is 7.52. The molecule has 100 valence electrons. The number of halogens is 1. The minimum Gasteiger partial charge on any atom is -0.335 e. The summed E-state index contributed by atoms with van der Waals surface area (Å²) in [6, 6.07) is 2.20. The minimum atomic E-state index is 0.0827. The molecule has 0 aromatic carbocycles. The molecule has 0 unspecified atom stereocenters. The number of hydrogen-bond acceptors (Lipinski definition) is 2. The molecule has 0 radical (unpaired) electrons. The van der Waals surface area contributed by atoms with Gasteiger partial charge in [0.05, 0.1) is 5.56 Å². The molecule has 1 heterocycles. The van der Waals surface area contributed by atoms with Crippen molar-refractivity contribution < 1.29 is 4.79 Å². The SMILES string of the molecule is CCC(CC)N(CCBr)C(=O)c1cncc(C)c1. The number of aryl methyl sites for hydroxylation is 1. The Kier molecular flexibility index (Phi) is 6.33. The quantitative estimate of drug-likeness (QED) is 0.754. The molecule has 0 aliphatic carbocycles. The van der Waals surface area contributed by atoms with Gasteiger partial charge in [0.15, 0.2) is 0 Å². The van der Waals surface area contributed by atoms with E-state index < -0.39 is 0 Å². The Labute approximate surface area is 118 Å². The van der Waals surface area contributed by atoms with Gasteiger partial charge in [0.1, 0.15) is 0 Å². The first-order valence-electron chi connectivity index (χ1n) is 6.42. The van der Waals surface area contributed by atoms with Gasteiger partial charge < -0.3 is 4.90 Å². The molecule has 1 aromatic heterocycles. The van der Waals surface area contributed by atoms with Crippen molar-refractivity contribution in [2.45, 2.75) is 39.7 Å². The highest BCUT2D eigenvalue weighted by atomic mass is 79.9. The van der Waals surface area contributed by atoms with E-state index in [0.717, 1.165) is 30.3 Å². The monoisotopic (exact) mass is 312 g/mol. The van der Waals surface area contributed by atoms with Crippen LogP contribution in [-0.2, 0) is 0 Å². The zero-order valence-electron chi connectivity index (χ0n) is 11.3. The molecular formula is C14H21BrN2O. The Hall–Kier alpha value is -0.900. The van der Waals surface area contributed by atoms with E-state index in [0.29, 0.717) is 11.6 Å². The lowest BCUT2D eigenvalue weighted by Crippen LogP contribution is -2.41. The van der Waals surface area contributed by atoms with Gasteiger partial charge in [-0.25, -0.2) is 0 Å². The molecule has 0 saturated carbocycles. The van der Waals surface area contributed by atoms with Gasteiger partial charge in [0.25, 0.3) is 5.91 Å². The largest absolute Gasteiger partial charge is 0.335 e. The molecule has 0 atom stereocenters. The van der Waals surface area contributed by atoms with Crippen molar-refractivity contribution in [3.05, 3.63) is 29.6 Å². The predicted molar refractivity (Wildman–Crippen MR) is 78.2 cm³/mol. The average Bonchev–Trinajstić information content (AvgIpc) is 2.38. The summed E-state index contributed by atoms with van der Waals surface area (Å²) >= 11 is 3.42. The minimum absolute atomic E-state index is 0.0827. The molecule has 4 heteroatoms. The van der Waals surface area contributed by atoms with Crippen molar-refractivity contribution in [3.63, 3.8) is 0 Å². The van der Waals surface area contributed by atoms with Crippen LogP contribution >= 0.6 is 15.9 Å². The first-order valence-corrected chi connectivity index (χ1v) is 7.54. The molecule has 18 heavy (non-hydrogen) atoms. The lowest BCUT2D eigenvalue weighted by molar-refractivity contribution is 0.0682. The normalized spacial score (nSPS) is 10.7. The maximum absolute atomic E-state index is 12.5. The van der Waals surface area contributed by atoms with E-state index in [2.05, 4.69) is 34.8 Å². The van der Waals surface area contributed by atoms with E-state index in [9.17, 15) is 4.79 Å². The molecule has 1 aromatic rings. The van der Waals surface area contributed by atoms with Gasteiger partial charge in [0.2, 0.25) is 0 Å². The summed E-state index contributed by atoms with van der Waals surface area (Å²) in [4.78, 5) is 18.6. The zero-order chi connectivity index (χ0) is 13.5. The second-order valence-corrected chi connectivity index (χ2v) is 5.20. The van der Waals surface area contributed by atoms with Crippen LogP contribution < -0.4 is 0 Å². The Morgan fingerprint density at radius 1 is 1.39 bits per heavy atom. The highest BCUT2D eigenvalue weighted by Gasteiger charge is 2.21. The number of alkyl halides is 1. The molecule has 0 bridgehead atoms. The second-order valence-electron chi connectivity index (χ2n) is 4.41. The van der Waals surface area contributed by atoms with E-state index in [1.54, 1.807) is 12.4 Å². The van der Waals surface area contributed by atoms with Crippen LogP contribution in [0.25, 0.3) is 0 Å². The molecule has 0 saturated heterocycles. The fourth-order valence-electron chi connectivity index (χ4n) is 2.11. The summed E-state index contributed by atoms with van der Waals surface area (Å²) in [7, 11) is 0. The van der Waals surface area contributed by atoms with Gasteiger partial charge in [-0.3, -0.25) is 9.78 Å². The highest BCUT2D eigenvalue weighted by Crippen LogP contribution is 2.14. The van der Waals surface area contributed by atoms with Gasteiger partial charge >= 0.3 is 0 Å². The number of hydrogen-bond donors (Lipinski definition) is 0. The smallest absolute Gasteiger partial charge is 0.255 e. The zero-order valence-corrected chi connectivity index (χ0v) is 12.9. The molecule has 3 nitrogen and oxygen atoms in total. The molecule has 0 fully saturated rings. The van der Waals surface area contributed by atoms with Crippen LogP contribution in [-0.4, -0.2) is 33.7 Å². The summed E-state index contributed by atoms with van der Waals surface area (Å²) in [5.74, 6) is 0.0827. The van der Waals surface area contributed by atoms with E-state index in [1.165, 1.54) is 0 Å². The van der Waals surface area contributed by atoms with Crippen LogP contribution in [0.3, 0.4) is 0 Å². The van der Waals surface area contributed by atoms with Gasteiger partial charge in [-0.05, 0) is 31.4 Å². The lowest BCUT2D eigenvalue weighted by Gasteiger charge is -2.30. The van der Waals surface area contributed by atoms with Crippen molar-refractivity contribution in [2.75, 3.05) is 11.9 Å². The van der Waals surface area contributed by atoms with Crippen molar-refractivity contribution in [1.29, 1.82) is 0 Å². The van der Waals surface area contributed by atoms with E-state index in [4.69, 9.17) is 0 Å². The maximum atomic E-state index is 12.5. The van der Waals surface area contributed by atoms with Crippen LogP contribution in [0.15, 0.2) is 18.5 Å². The van der Waals surface area contributed by atoms with E-state index >= 15 is 0 Å². The average molecular weight is 313 g/mol. The molecule has 0 aliphatic rings. The predicted octanol–water partition coefficient (Wildman–Crippen LogP) is 3.42. The van der Waals surface area contributed by atoms with Crippen LogP contribution in [0.2, 0.25) is 0 Å². The number of rotatable bonds is 6. The van der Waals surface area contributed by atoms with Gasteiger partial charge in [-0.15, -0.1) is 0 Å². The third-order valence-electron chi connectivity index (χ3n) is 3.09. The Morgan fingerprint density at radius 2 is 2.06 bits per heavy atom. The molecule has 1 amide bonds. The third kappa shape index (κ3) is 3.80. The van der Waals surface area contributed by atoms with Crippen molar-refractivity contribution in [1.82, 2.24) is 9.88 Å². The van der Waals surface area contributed by atoms with Gasteiger partial charge in [-0.1, -0.05) is 29.8 Å². The number of aromatic nitrogens is 1. The fourth-order valence-corrected chi connectivity index (χ4v) is 2.49. The molecule has 1 rings (SSSR count). The summed E-state index contributed by atoms with van der Waals surface area (Å²) < 4.78 is 0. The summed E-state index contributed by atoms with van der Waals surface area (Å²) in [5, 5.41) is 0.800. The summed E-state index contributed by atoms with van der Waals surface area (Å²) in [6.45, 7) is 6.93. The Morgan fingerprint density at radius 3 is 2.56 bits per heavy atom. The van der Waals surface area contributed by atoms with Crippen LogP contribution in [0, 0.1) is 6.92 Å².